The van der Waals surface area contributed by atoms with Crippen LogP contribution >= 0.6 is 0 Å². The van der Waals surface area contributed by atoms with Crippen molar-refractivity contribution in [1.82, 2.24) is 30.1 Å². The first-order valence-corrected chi connectivity index (χ1v) is 12.8. The zero-order chi connectivity index (χ0) is 25.9. The minimum atomic E-state index is -0.146. The Morgan fingerprint density at radius 3 is 2.63 bits per heavy atom. The molecule has 2 aromatic carbocycles. The molecule has 2 aliphatic rings. The predicted octanol–water partition coefficient (Wildman–Crippen LogP) is 2.68. The van der Waals surface area contributed by atoms with Crippen LogP contribution in [0.25, 0.3) is 10.9 Å². The minimum Gasteiger partial charge on any atom is -0.497 e. The molecule has 38 heavy (non-hydrogen) atoms. The quantitative estimate of drug-likeness (QED) is 0.357. The number of rotatable bonds is 9. The summed E-state index contributed by atoms with van der Waals surface area (Å²) in [5, 5.41) is 13.3. The normalized spacial score (nSPS) is 16.8. The first kappa shape index (κ1) is 24.4. The van der Waals surface area contributed by atoms with Crippen molar-refractivity contribution < 1.29 is 18.9 Å². The van der Waals surface area contributed by atoms with Crippen LogP contribution in [0.1, 0.15) is 29.8 Å². The van der Waals surface area contributed by atoms with E-state index in [0.29, 0.717) is 62.0 Å². The third-order valence-electron chi connectivity index (χ3n) is 6.91. The van der Waals surface area contributed by atoms with Gasteiger partial charge >= 0.3 is 0 Å². The molecule has 0 aliphatic carbocycles. The number of hydrogen-bond acceptors (Lipinski definition) is 9. The number of tetrazole rings is 1. The van der Waals surface area contributed by atoms with E-state index in [0.717, 1.165) is 42.0 Å². The first-order chi connectivity index (χ1) is 18.6. The Morgan fingerprint density at radius 2 is 1.87 bits per heavy atom. The third kappa shape index (κ3) is 5.34. The van der Waals surface area contributed by atoms with Gasteiger partial charge in [0.2, 0.25) is 0 Å². The van der Waals surface area contributed by atoms with Gasteiger partial charge in [-0.3, -0.25) is 9.69 Å². The SMILES string of the molecule is COc1ccc(CN(Cc2cc3cc4c(cc3[nH]c2=O)OCCO4)Cc2nnnn2C[C@H]2CCCO2)cc1. The van der Waals surface area contributed by atoms with Gasteiger partial charge in [0.1, 0.15) is 19.0 Å². The van der Waals surface area contributed by atoms with E-state index in [1.807, 2.05) is 47.1 Å². The summed E-state index contributed by atoms with van der Waals surface area (Å²) >= 11 is 0. The maximum absolute atomic E-state index is 13.1. The zero-order valence-electron chi connectivity index (χ0n) is 21.3. The third-order valence-corrected chi connectivity index (χ3v) is 6.91. The minimum absolute atomic E-state index is 0.118. The summed E-state index contributed by atoms with van der Waals surface area (Å²) in [7, 11) is 1.65. The fourth-order valence-corrected chi connectivity index (χ4v) is 4.96. The Labute approximate surface area is 219 Å². The van der Waals surface area contributed by atoms with Crippen molar-refractivity contribution >= 4 is 10.9 Å². The van der Waals surface area contributed by atoms with Gasteiger partial charge in [0, 0.05) is 36.7 Å². The van der Waals surface area contributed by atoms with Gasteiger partial charge in [-0.25, -0.2) is 4.68 Å². The molecule has 2 aliphatic heterocycles. The van der Waals surface area contributed by atoms with Crippen LogP contribution in [0.15, 0.2) is 47.3 Å². The van der Waals surface area contributed by atoms with Crippen molar-refractivity contribution in [3.8, 4) is 17.2 Å². The second-order valence-corrected chi connectivity index (χ2v) is 9.61. The molecule has 6 rings (SSSR count). The molecule has 0 spiro atoms. The van der Waals surface area contributed by atoms with E-state index in [-0.39, 0.29) is 11.7 Å². The van der Waals surface area contributed by atoms with Gasteiger partial charge in [0.25, 0.3) is 5.56 Å². The predicted molar refractivity (Wildman–Crippen MR) is 138 cm³/mol. The molecule has 0 amide bonds. The molecule has 4 heterocycles. The van der Waals surface area contributed by atoms with Crippen LogP contribution in [0.2, 0.25) is 0 Å². The number of benzene rings is 2. The molecule has 11 nitrogen and oxygen atoms in total. The van der Waals surface area contributed by atoms with Crippen molar-refractivity contribution in [2.45, 2.75) is 45.1 Å². The van der Waals surface area contributed by atoms with Gasteiger partial charge in [-0.15, -0.1) is 5.10 Å². The topological polar surface area (TPSA) is 117 Å². The molecule has 1 atom stereocenters. The summed E-state index contributed by atoms with van der Waals surface area (Å²) in [5.74, 6) is 2.85. The number of fused-ring (bicyclic) bond motifs is 2. The Bertz CT molecular complexity index is 1460. The first-order valence-electron chi connectivity index (χ1n) is 12.8. The largest absolute Gasteiger partial charge is 0.497 e. The number of aromatic nitrogens is 5. The molecular weight excluding hydrogens is 488 g/mol. The Kier molecular flexibility index (Phi) is 6.93. The van der Waals surface area contributed by atoms with Crippen LogP contribution in [0, 0.1) is 0 Å². The highest BCUT2D eigenvalue weighted by Crippen LogP contribution is 2.33. The molecule has 0 radical (unpaired) electrons. The standard InChI is InChI=1S/C27H30N6O5/c1-35-21-6-4-18(5-7-21)14-32(17-26-29-30-31-33(26)16-22-3-2-8-36-22)15-20-11-19-12-24-25(38-10-9-37-24)13-23(19)28-27(20)34/h4-7,11-13,22H,2-3,8-10,14-17H2,1H3,(H,28,34)/t22-/m1/s1. The van der Waals surface area contributed by atoms with E-state index in [1.54, 1.807) is 7.11 Å². The highest BCUT2D eigenvalue weighted by molar-refractivity contribution is 5.83. The van der Waals surface area contributed by atoms with Gasteiger partial charge in [-0.05, 0) is 53.1 Å². The fraction of sp³-hybridized carbons (Fsp3) is 0.407. The Balaban J connectivity index is 1.29. The van der Waals surface area contributed by atoms with E-state index in [9.17, 15) is 4.79 Å². The fourth-order valence-electron chi connectivity index (χ4n) is 4.96. The highest BCUT2D eigenvalue weighted by Gasteiger charge is 2.21. The molecule has 11 heteroatoms. The number of H-pyrrole nitrogens is 1. The van der Waals surface area contributed by atoms with Crippen LogP contribution < -0.4 is 19.8 Å². The van der Waals surface area contributed by atoms with Crippen LogP contribution in [0.4, 0.5) is 0 Å². The van der Waals surface area contributed by atoms with E-state index in [2.05, 4.69) is 25.4 Å². The number of nitrogens with one attached hydrogen (secondary N) is 1. The molecular formula is C27H30N6O5. The van der Waals surface area contributed by atoms with E-state index in [4.69, 9.17) is 18.9 Å². The smallest absolute Gasteiger partial charge is 0.252 e. The lowest BCUT2D eigenvalue weighted by molar-refractivity contribution is 0.0914. The molecule has 198 valence electrons. The van der Waals surface area contributed by atoms with Crippen molar-refractivity contribution in [3.05, 3.63) is 69.8 Å². The van der Waals surface area contributed by atoms with E-state index < -0.39 is 0 Å². The number of methoxy groups -OCH3 is 1. The second kappa shape index (κ2) is 10.8. The lowest BCUT2D eigenvalue weighted by Crippen LogP contribution is -2.29. The Morgan fingerprint density at radius 1 is 1.05 bits per heavy atom. The summed E-state index contributed by atoms with van der Waals surface area (Å²) in [6.07, 6.45) is 2.17. The molecule has 2 aromatic heterocycles. The number of hydrogen-bond donors (Lipinski definition) is 1. The lowest BCUT2D eigenvalue weighted by Gasteiger charge is -2.23. The maximum Gasteiger partial charge on any atom is 0.252 e. The molecule has 1 saturated heterocycles. The molecule has 1 fully saturated rings. The van der Waals surface area contributed by atoms with Crippen molar-refractivity contribution in [1.29, 1.82) is 0 Å². The number of nitrogens with zero attached hydrogens (tertiary/aromatic N) is 5. The monoisotopic (exact) mass is 518 g/mol. The molecule has 4 aromatic rings. The Hall–Kier alpha value is -3.96. The van der Waals surface area contributed by atoms with Crippen LogP contribution in [0.5, 0.6) is 17.2 Å². The van der Waals surface area contributed by atoms with Crippen molar-refractivity contribution in [3.63, 3.8) is 0 Å². The summed E-state index contributed by atoms with van der Waals surface area (Å²) in [4.78, 5) is 18.3. The van der Waals surface area contributed by atoms with Gasteiger partial charge in [-0.1, -0.05) is 12.1 Å². The molecule has 0 bridgehead atoms. The summed E-state index contributed by atoms with van der Waals surface area (Å²) in [6.45, 7) is 3.84. The van der Waals surface area contributed by atoms with Crippen LogP contribution in [-0.2, 0) is 30.9 Å². The van der Waals surface area contributed by atoms with Crippen LogP contribution in [-0.4, -0.2) is 63.1 Å². The van der Waals surface area contributed by atoms with Gasteiger partial charge in [0.15, 0.2) is 17.3 Å². The summed E-state index contributed by atoms with van der Waals surface area (Å²) in [6, 6.07) is 13.6. The van der Waals surface area contributed by atoms with Gasteiger partial charge in [-0.2, -0.15) is 0 Å². The average Bonchev–Trinajstić information content (AvgIpc) is 3.61. The molecule has 0 unspecified atom stereocenters. The lowest BCUT2D eigenvalue weighted by atomic mass is 10.1. The van der Waals surface area contributed by atoms with E-state index in [1.165, 1.54) is 0 Å². The number of aromatic amines is 1. The van der Waals surface area contributed by atoms with Gasteiger partial charge in [0.05, 0.1) is 31.8 Å². The van der Waals surface area contributed by atoms with Crippen molar-refractivity contribution in [2.24, 2.45) is 0 Å². The molecule has 0 saturated carbocycles. The second-order valence-electron chi connectivity index (χ2n) is 9.61. The number of ether oxygens (including phenoxy) is 4. The van der Waals surface area contributed by atoms with Crippen LogP contribution in [0.3, 0.4) is 0 Å². The van der Waals surface area contributed by atoms with Crippen molar-refractivity contribution in [2.75, 3.05) is 26.9 Å². The molecule has 1 N–H and O–H groups in total. The zero-order valence-corrected chi connectivity index (χ0v) is 21.3. The summed E-state index contributed by atoms with van der Waals surface area (Å²) in [5.41, 5.74) is 2.29. The van der Waals surface area contributed by atoms with Gasteiger partial charge < -0.3 is 23.9 Å². The number of pyridine rings is 1. The highest BCUT2D eigenvalue weighted by atomic mass is 16.6. The maximum atomic E-state index is 13.1. The summed E-state index contributed by atoms with van der Waals surface area (Å²) < 4.78 is 24.3. The average molecular weight is 519 g/mol. The van der Waals surface area contributed by atoms with E-state index >= 15 is 0 Å².